The second kappa shape index (κ2) is 11.0. The Morgan fingerprint density at radius 1 is 1.00 bits per heavy atom. The van der Waals surface area contributed by atoms with Crippen LogP contribution in [0.4, 0.5) is 0 Å². The Kier molecular flexibility index (Phi) is 8.42. The number of rotatable bonds is 7. The van der Waals surface area contributed by atoms with Crippen molar-refractivity contribution in [1.29, 1.82) is 0 Å². The molecule has 154 valence electrons. The molecular weight excluding hydrogens is 390 g/mol. The molecule has 0 aliphatic carbocycles. The summed E-state index contributed by atoms with van der Waals surface area (Å²) in [5.41, 5.74) is 6.19. The number of ether oxygens (including phenoxy) is 2. The molecule has 0 saturated heterocycles. The molecule has 0 aliphatic rings. The zero-order valence-corrected chi connectivity index (χ0v) is 17.5. The van der Waals surface area contributed by atoms with Gasteiger partial charge in [-0.05, 0) is 61.0 Å². The van der Waals surface area contributed by atoms with E-state index in [-0.39, 0.29) is 11.7 Å². The SMILES string of the molecule is Cc1ccccc1OCC(=O)NNC(=S)NC(=O)c1ccc(OCC(C)C)cc1. The summed E-state index contributed by atoms with van der Waals surface area (Å²) in [5.74, 6) is 0.898. The second-order valence-corrected chi connectivity index (χ2v) is 7.15. The van der Waals surface area contributed by atoms with E-state index in [4.69, 9.17) is 21.7 Å². The monoisotopic (exact) mass is 415 g/mol. The maximum Gasteiger partial charge on any atom is 0.276 e. The number of hydrogen-bond donors (Lipinski definition) is 3. The van der Waals surface area contributed by atoms with Crippen molar-refractivity contribution < 1.29 is 19.1 Å². The van der Waals surface area contributed by atoms with E-state index in [1.807, 2.05) is 25.1 Å². The number of hydrogen-bond acceptors (Lipinski definition) is 5. The maximum absolute atomic E-state index is 12.2. The van der Waals surface area contributed by atoms with Gasteiger partial charge in [0.2, 0.25) is 0 Å². The van der Waals surface area contributed by atoms with E-state index < -0.39 is 11.8 Å². The first-order valence-electron chi connectivity index (χ1n) is 9.16. The lowest BCUT2D eigenvalue weighted by molar-refractivity contribution is -0.123. The van der Waals surface area contributed by atoms with Crippen LogP contribution in [0.2, 0.25) is 0 Å². The lowest BCUT2D eigenvalue weighted by Crippen LogP contribution is -2.49. The fraction of sp³-hybridized carbons (Fsp3) is 0.286. The molecule has 2 aromatic rings. The van der Waals surface area contributed by atoms with E-state index >= 15 is 0 Å². The highest BCUT2D eigenvalue weighted by atomic mass is 32.1. The fourth-order valence-electron chi connectivity index (χ4n) is 2.20. The minimum absolute atomic E-state index is 0.0284. The van der Waals surface area contributed by atoms with Crippen LogP contribution >= 0.6 is 12.2 Å². The highest BCUT2D eigenvalue weighted by molar-refractivity contribution is 7.80. The number of para-hydroxylation sites is 1. The first-order valence-corrected chi connectivity index (χ1v) is 9.57. The van der Waals surface area contributed by atoms with Crippen LogP contribution in [-0.4, -0.2) is 30.1 Å². The molecule has 0 bridgehead atoms. The molecule has 8 heteroatoms. The summed E-state index contributed by atoms with van der Waals surface area (Å²) < 4.78 is 11.0. The fourth-order valence-corrected chi connectivity index (χ4v) is 2.34. The van der Waals surface area contributed by atoms with Crippen molar-refractivity contribution in [3.05, 3.63) is 59.7 Å². The first-order chi connectivity index (χ1) is 13.8. The van der Waals surface area contributed by atoms with Gasteiger partial charge in [-0.2, -0.15) is 0 Å². The molecule has 7 nitrogen and oxygen atoms in total. The zero-order valence-electron chi connectivity index (χ0n) is 16.7. The standard InChI is InChI=1S/C21H25N3O4S/c1-14(2)12-27-17-10-8-16(9-11-17)20(26)22-21(29)24-23-19(25)13-28-18-7-5-4-6-15(18)3/h4-11,14H,12-13H2,1-3H3,(H,23,25)(H2,22,24,26,29). The Balaban J connectivity index is 1.73. The van der Waals surface area contributed by atoms with E-state index in [0.717, 1.165) is 5.56 Å². The van der Waals surface area contributed by atoms with Gasteiger partial charge in [0.05, 0.1) is 6.61 Å². The van der Waals surface area contributed by atoms with Crippen LogP contribution in [0.25, 0.3) is 0 Å². The molecule has 0 aromatic heterocycles. The van der Waals surface area contributed by atoms with Crippen LogP contribution in [0.3, 0.4) is 0 Å². The van der Waals surface area contributed by atoms with E-state index in [0.29, 0.717) is 29.6 Å². The van der Waals surface area contributed by atoms with Crippen molar-refractivity contribution in [2.45, 2.75) is 20.8 Å². The quantitative estimate of drug-likeness (QED) is 0.476. The van der Waals surface area contributed by atoms with Crippen LogP contribution < -0.4 is 25.6 Å². The van der Waals surface area contributed by atoms with Gasteiger partial charge >= 0.3 is 0 Å². The third-order valence-electron chi connectivity index (χ3n) is 3.69. The van der Waals surface area contributed by atoms with Gasteiger partial charge < -0.3 is 9.47 Å². The number of carbonyl (C=O) groups excluding carboxylic acids is 2. The van der Waals surface area contributed by atoms with Crippen molar-refractivity contribution in [3.63, 3.8) is 0 Å². The lowest BCUT2D eigenvalue weighted by Gasteiger charge is -2.12. The van der Waals surface area contributed by atoms with Gasteiger partial charge in [-0.25, -0.2) is 0 Å². The molecule has 0 radical (unpaired) electrons. The zero-order chi connectivity index (χ0) is 21.2. The van der Waals surface area contributed by atoms with Crippen LogP contribution in [0, 0.1) is 12.8 Å². The van der Waals surface area contributed by atoms with Gasteiger partial charge in [0, 0.05) is 5.56 Å². The third-order valence-corrected chi connectivity index (χ3v) is 3.90. The van der Waals surface area contributed by atoms with Gasteiger partial charge in [-0.1, -0.05) is 32.0 Å². The minimum atomic E-state index is -0.434. The number of nitrogens with one attached hydrogen (secondary N) is 3. The van der Waals surface area contributed by atoms with Crippen molar-refractivity contribution in [1.82, 2.24) is 16.2 Å². The van der Waals surface area contributed by atoms with Crippen molar-refractivity contribution in [2.24, 2.45) is 5.92 Å². The summed E-state index contributed by atoms with van der Waals surface area (Å²) in [6, 6.07) is 14.1. The van der Waals surface area contributed by atoms with Crippen LogP contribution in [0.15, 0.2) is 48.5 Å². The smallest absolute Gasteiger partial charge is 0.276 e. The highest BCUT2D eigenvalue weighted by Gasteiger charge is 2.10. The number of benzene rings is 2. The molecule has 0 saturated carbocycles. The number of amides is 2. The predicted octanol–water partition coefficient (Wildman–Crippen LogP) is 2.74. The Morgan fingerprint density at radius 3 is 2.34 bits per heavy atom. The molecule has 0 atom stereocenters. The van der Waals surface area contributed by atoms with Crippen molar-refractivity contribution in [3.8, 4) is 11.5 Å². The van der Waals surface area contributed by atoms with Crippen LogP contribution in [0.5, 0.6) is 11.5 Å². The Bertz CT molecular complexity index is 853. The molecule has 0 spiro atoms. The molecule has 0 aliphatic heterocycles. The number of aryl methyl sites for hydroxylation is 1. The molecule has 0 fully saturated rings. The van der Waals surface area contributed by atoms with Gasteiger partial charge in [-0.3, -0.25) is 25.8 Å². The molecule has 2 amide bonds. The van der Waals surface area contributed by atoms with Gasteiger partial charge in [0.15, 0.2) is 11.7 Å². The summed E-state index contributed by atoms with van der Waals surface area (Å²) in [6.45, 7) is 6.42. The van der Waals surface area contributed by atoms with E-state index in [1.54, 1.807) is 30.3 Å². The Labute approximate surface area is 175 Å². The average molecular weight is 416 g/mol. The summed E-state index contributed by atoms with van der Waals surface area (Å²) in [7, 11) is 0. The topological polar surface area (TPSA) is 88.7 Å². The van der Waals surface area contributed by atoms with E-state index in [1.165, 1.54) is 0 Å². The van der Waals surface area contributed by atoms with Crippen LogP contribution in [-0.2, 0) is 4.79 Å². The van der Waals surface area contributed by atoms with Crippen LogP contribution in [0.1, 0.15) is 29.8 Å². The van der Waals surface area contributed by atoms with E-state index in [2.05, 4.69) is 30.0 Å². The molecule has 3 N–H and O–H groups in total. The molecule has 2 rings (SSSR count). The van der Waals surface area contributed by atoms with E-state index in [9.17, 15) is 9.59 Å². The lowest BCUT2D eigenvalue weighted by atomic mass is 10.2. The molecular formula is C21H25N3O4S. The Hall–Kier alpha value is -3.13. The third kappa shape index (κ3) is 7.79. The minimum Gasteiger partial charge on any atom is -0.493 e. The van der Waals surface area contributed by atoms with Crippen molar-refractivity contribution in [2.75, 3.05) is 13.2 Å². The first kappa shape index (κ1) is 22.2. The largest absolute Gasteiger partial charge is 0.493 e. The molecule has 0 unspecified atom stereocenters. The number of thiocarbonyl (C=S) groups is 1. The maximum atomic E-state index is 12.2. The summed E-state index contributed by atoms with van der Waals surface area (Å²) in [6.07, 6.45) is 0. The van der Waals surface area contributed by atoms with Gasteiger partial charge in [0.25, 0.3) is 11.8 Å². The Morgan fingerprint density at radius 2 is 1.69 bits per heavy atom. The molecule has 2 aromatic carbocycles. The summed E-state index contributed by atoms with van der Waals surface area (Å²) in [5, 5.41) is 2.46. The summed E-state index contributed by atoms with van der Waals surface area (Å²) >= 11 is 5.02. The van der Waals surface area contributed by atoms with Crippen molar-refractivity contribution >= 4 is 29.1 Å². The highest BCUT2D eigenvalue weighted by Crippen LogP contribution is 2.15. The van der Waals surface area contributed by atoms with Gasteiger partial charge in [-0.15, -0.1) is 0 Å². The second-order valence-electron chi connectivity index (χ2n) is 6.74. The molecule has 0 heterocycles. The summed E-state index contributed by atoms with van der Waals surface area (Å²) in [4.78, 5) is 24.1. The number of carbonyl (C=O) groups is 2. The molecule has 29 heavy (non-hydrogen) atoms. The number of hydrazine groups is 1. The normalized spacial score (nSPS) is 10.2. The van der Waals surface area contributed by atoms with Gasteiger partial charge in [0.1, 0.15) is 11.5 Å². The average Bonchev–Trinajstić information content (AvgIpc) is 2.70. The predicted molar refractivity (Wildman–Crippen MR) is 115 cm³/mol.